The molecule has 6 nitrogen and oxygen atoms in total. The molecule has 5 rings (SSSR count). The lowest BCUT2D eigenvalue weighted by Gasteiger charge is -2.20. The first kappa shape index (κ1) is 24.9. The minimum Gasteiger partial charge on any atom is -0.488 e. The standard InChI is InChI=1S/C29H23Cl2NO5/c1-18-21(3-2-4-23(18)20-5-6-25-28(13-20)35-10-9-34-25)17-37-27-14-26(22(15-33)12-24(27)30)36-16-19-7-8-32-29(31)11-19/h2-8,11-15H,9-10,16-17H2,1H3. The molecule has 1 aromatic heterocycles. The highest BCUT2D eigenvalue weighted by atomic mass is 35.5. The van der Waals surface area contributed by atoms with Crippen LogP contribution >= 0.6 is 23.2 Å². The summed E-state index contributed by atoms with van der Waals surface area (Å²) in [6, 6.07) is 18.7. The van der Waals surface area contributed by atoms with E-state index in [1.807, 2.05) is 30.3 Å². The van der Waals surface area contributed by atoms with Crippen LogP contribution in [0.2, 0.25) is 10.2 Å². The molecule has 8 heteroatoms. The Labute approximate surface area is 224 Å². The molecule has 1 aliphatic rings. The van der Waals surface area contributed by atoms with E-state index < -0.39 is 0 Å². The van der Waals surface area contributed by atoms with Crippen LogP contribution in [0.15, 0.2) is 66.9 Å². The summed E-state index contributed by atoms with van der Waals surface area (Å²) in [5.74, 6) is 2.28. The van der Waals surface area contributed by atoms with Crippen LogP contribution in [0.4, 0.5) is 0 Å². The summed E-state index contributed by atoms with van der Waals surface area (Å²) in [6.45, 7) is 3.63. The monoisotopic (exact) mass is 535 g/mol. The Bertz CT molecular complexity index is 1460. The topological polar surface area (TPSA) is 66.9 Å². The molecule has 0 N–H and O–H groups in total. The molecule has 0 amide bonds. The molecular weight excluding hydrogens is 513 g/mol. The van der Waals surface area contributed by atoms with Gasteiger partial charge in [0.25, 0.3) is 0 Å². The lowest BCUT2D eigenvalue weighted by Crippen LogP contribution is -2.15. The van der Waals surface area contributed by atoms with E-state index in [1.165, 1.54) is 6.07 Å². The molecule has 0 radical (unpaired) electrons. The third-order valence-corrected chi connectivity index (χ3v) is 6.56. The lowest BCUT2D eigenvalue weighted by atomic mass is 9.96. The minimum atomic E-state index is 0.209. The average Bonchev–Trinajstić information content (AvgIpc) is 2.92. The van der Waals surface area contributed by atoms with Crippen molar-refractivity contribution in [3.63, 3.8) is 0 Å². The van der Waals surface area contributed by atoms with E-state index in [0.717, 1.165) is 39.3 Å². The van der Waals surface area contributed by atoms with Gasteiger partial charge in [0.15, 0.2) is 17.8 Å². The molecule has 0 aliphatic carbocycles. The molecule has 0 bridgehead atoms. The SMILES string of the molecule is Cc1c(COc2cc(OCc3ccnc(Cl)c3)c(C=O)cc2Cl)cccc1-c1ccc2c(c1)OCCO2. The van der Waals surface area contributed by atoms with Crippen molar-refractivity contribution in [1.82, 2.24) is 4.98 Å². The number of hydrogen-bond donors (Lipinski definition) is 0. The van der Waals surface area contributed by atoms with Crippen LogP contribution in [0.3, 0.4) is 0 Å². The van der Waals surface area contributed by atoms with Gasteiger partial charge in [0.05, 0.1) is 10.6 Å². The van der Waals surface area contributed by atoms with Gasteiger partial charge >= 0.3 is 0 Å². The minimum absolute atomic E-state index is 0.209. The normalized spacial score (nSPS) is 12.2. The van der Waals surface area contributed by atoms with Gasteiger partial charge in [0.1, 0.15) is 43.1 Å². The molecule has 0 spiro atoms. The highest BCUT2D eigenvalue weighted by Crippen LogP contribution is 2.37. The van der Waals surface area contributed by atoms with Crippen molar-refractivity contribution in [3.8, 4) is 34.1 Å². The number of benzene rings is 3. The Morgan fingerprint density at radius 2 is 1.73 bits per heavy atom. The van der Waals surface area contributed by atoms with Crippen molar-refractivity contribution >= 4 is 29.5 Å². The molecule has 0 saturated carbocycles. The molecule has 2 heterocycles. The molecule has 1 aliphatic heterocycles. The van der Waals surface area contributed by atoms with E-state index in [0.29, 0.717) is 46.7 Å². The summed E-state index contributed by atoms with van der Waals surface area (Å²) >= 11 is 12.4. The van der Waals surface area contributed by atoms with Gasteiger partial charge in [-0.2, -0.15) is 0 Å². The molecule has 4 aromatic rings. The first-order valence-electron chi connectivity index (χ1n) is 11.6. The fraction of sp³-hybridized carbons (Fsp3) is 0.172. The van der Waals surface area contributed by atoms with E-state index >= 15 is 0 Å². The van der Waals surface area contributed by atoms with Crippen LogP contribution in [-0.2, 0) is 13.2 Å². The van der Waals surface area contributed by atoms with Gasteiger partial charge in [0, 0.05) is 12.3 Å². The number of carbonyl (C=O) groups excluding carboxylic acids is 1. The van der Waals surface area contributed by atoms with E-state index in [4.69, 9.17) is 42.1 Å². The predicted molar refractivity (Wildman–Crippen MR) is 142 cm³/mol. The summed E-state index contributed by atoms with van der Waals surface area (Å²) in [5, 5.41) is 0.688. The van der Waals surface area contributed by atoms with Crippen molar-refractivity contribution in [2.24, 2.45) is 0 Å². The van der Waals surface area contributed by atoms with Crippen molar-refractivity contribution in [2.45, 2.75) is 20.1 Å². The lowest BCUT2D eigenvalue weighted by molar-refractivity contribution is 0.111. The van der Waals surface area contributed by atoms with Crippen LogP contribution in [-0.4, -0.2) is 24.5 Å². The number of rotatable bonds is 8. The van der Waals surface area contributed by atoms with Crippen LogP contribution in [0.5, 0.6) is 23.0 Å². The van der Waals surface area contributed by atoms with Gasteiger partial charge in [-0.05, 0) is 65.1 Å². The second-order valence-corrected chi connectivity index (χ2v) is 9.25. The van der Waals surface area contributed by atoms with Crippen LogP contribution < -0.4 is 18.9 Å². The van der Waals surface area contributed by atoms with Gasteiger partial charge < -0.3 is 18.9 Å². The summed E-state index contributed by atoms with van der Waals surface area (Å²) < 4.78 is 23.4. The largest absolute Gasteiger partial charge is 0.488 e. The molecule has 0 unspecified atom stereocenters. The maximum absolute atomic E-state index is 11.6. The third kappa shape index (κ3) is 5.66. The highest BCUT2D eigenvalue weighted by Gasteiger charge is 2.16. The van der Waals surface area contributed by atoms with E-state index in [1.54, 1.807) is 24.4 Å². The number of aromatic nitrogens is 1. The highest BCUT2D eigenvalue weighted by molar-refractivity contribution is 6.32. The summed E-state index contributed by atoms with van der Waals surface area (Å²) in [7, 11) is 0. The third-order valence-electron chi connectivity index (χ3n) is 6.06. The van der Waals surface area contributed by atoms with Crippen molar-refractivity contribution in [1.29, 1.82) is 0 Å². The number of pyridine rings is 1. The van der Waals surface area contributed by atoms with Gasteiger partial charge in [-0.3, -0.25) is 4.79 Å². The first-order chi connectivity index (χ1) is 18.0. The average molecular weight is 536 g/mol. The molecule has 188 valence electrons. The first-order valence-corrected chi connectivity index (χ1v) is 12.4. The maximum atomic E-state index is 11.6. The zero-order chi connectivity index (χ0) is 25.8. The Balaban J connectivity index is 1.35. The Hall–Kier alpha value is -3.74. The van der Waals surface area contributed by atoms with Crippen molar-refractivity contribution in [2.75, 3.05) is 13.2 Å². The van der Waals surface area contributed by atoms with Crippen LogP contribution in [0, 0.1) is 6.92 Å². The van der Waals surface area contributed by atoms with Crippen LogP contribution in [0.1, 0.15) is 27.0 Å². The summed E-state index contributed by atoms with van der Waals surface area (Å²) in [5.41, 5.74) is 5.32. The van der Waals surface area contributed by atoms with Gasteiger partial charge in [0.2, 0.25) is 0 Å². The van der Waals surface area contributed by atoms with Crippen LogP contribution in [0.25, 0.3) is 11.1 Å². The number of nitrogens with zero attached hydrogens (tertiary/aromatic N) is 1. The number of ether oxygens (including phenoxy) is 4. The van der Waals surface area contributed by atoms with E-state index in [-0.39, 0.29) is 13.2 Å². The maximum Gasteiger partial charge on any atom is 0.161 e. The Morgan fingerprint density at radius 1 is 0.919 bits per heavy atom. The number of halogens is 2. The predicted octanol–water partition coefficient (Wildman–Crippen LogP) is 7.11. The Kier molecular flexibility index (Phi) is 7.49. The summed E-state index contributed by atoms with van der Waals surface area (Å²) in [4.78, 5) is 15.6. The molecule has 0 atom stereocenters. The summed E-state index contributed by atoms with van der Waals surface area (Å²) in [6.07, 6.45) is 2.30. The van der Waals surface area contributed by atoms with E-state index in [2.05, 4.69) is 18.0 Å². The number of carbonyl (C=O) groups is 1. The quantitative estimate of drug-likeness (QED) is 0.177. The fourth-order valence-electron chi connectivity index (χ4n) is 4.09. The number of aldehydes is 1. The fourth-order valence-corrected chi connectivity index (χ4v) is 4.51. The van der Waals surface area contributed by atoms with Crippen molar-refractivity contribution < 1.29 is 23.7 Å². The Morgan fingerprint density at radius 3 is 2.54 bits per heavy atom. The second kappa shape index (κ2) is 11.1. The van der Waals surface area contributed by atoms with Gasteiger partial charge in [-0.25, -0.2) is 4.98 Å². The molecule has 37 heavy (non-hydrogen) atoms. The molecule has 3 aromatic carbocycles. The van der Waals surface area contributed by atoms with Crippen molar-refractivity contribution in [3.05, 3.63) is 99.3 Å². The van der Waals surface area contributed by atoms with Gasteiger partial charge in [-0.1, -0.05) is 47.5 Å². The molecule has 0 fully saturated rings. The molecular formula is C29H23Cl2NO5. The van der Waals surface area contributed by atoms with Gasteiger partial charge in [-0.15, -0.1) is 0 Å². The number of hydrogen-bond acceptors (Lipinski definition) is 6. The second-order valence-electron chi connectivity index (χ2n) is 8.45. The molecule has 0 saturated heterocycles. The number of fused-ring (bicyclic) bond motifs is 1. The van der Waals surface area contributed by atoms with E-state index in [9.17, 15) is 4.79 Å². The zero-order valence-electron chi connectivity index (χ0n) is 20.0. The smallest absolute Gasteiger partial charge is 0.161 e. The zero-order valence-corrected chi connectivity index (χ0v) is 21.5.